The van der Waals surface area contributed by atoms with Gasteiger partial charge in [-0.1, -0.05) is 6.42 Å². The van der Waals surface area contributed by atoms with E-state index >= 15 is 0 Å². The number of furan rings is 1. The van der Waals surface area contributed by atoms with E-state index in [9.17, 15) is 4.79 Å². The third-order valence-corrected chi connectivity index (χ3v) is 3.20. The summed E-state index contributed by atoms with van der Waals surface area (Å²) in [6.45, 7) is 1.66. The lowest BCUT2D eigenvalue weighted by atomic mass is 10.0. The van der Waals surface area contributed by atoms with Gasteiger partial charge in [0, 0.05) is 24.6 Å². The van der Waals surface area contributed by atoms with E-state index in [0.717, 1.165) is 18.5 Å². The Labute approximate surface area is 102 Å². The lowest BCUT2D eigenvalue weighted by Crippen LogP contribution is -2.35. The average molecular weight is 236 g/mol. The molecule has 0 radical (unpaired) electrons. The van der Waals surface area contributed by atoms with E-state index in [0.29, 0.717) is 19.0 Å². The molecule has 0 aromatic carbocycles. The van der Waals surface area contributed by atoms with Crippen molar-refractivity contribution >= 4 is 5.91 Å². The van der Waals surface area contributed by atoms with Gasteiger partial charge in [0.1, 0.15) is 0 Å². The second kappa shape index (κ2) is 6.45. The highest BCUT2D eigenvalue weighted by atomic mass is 16.3. The van der Waals surface area contributed by atoms with Gasteiger partial charge < -0.3 is 15.1 Å². The van der Waals surface area contributed by atoms with Crippen LogP contribution in [0.25, 0.3) is 0 Å². The summed E-state index contributed by atoms with van der Waals surface area (Å²) in [5.74, 6) is 0.124. The molecule has 2 heterocycles. The molecule has 1 amide bonds. The smallest absolute Gasteiger partial charge is 0.220 e. The summed E-state index contributed by atoms with van der Waals surface area (Å²) < 4.78 is 4.94. The average Bonchev–Trinajstić information content (AvgIpc) is 2.88. The molecule has 1 unspecified atom stereocenters. The first kappa shape index (κ1) is 12.2. The Morgan fingerprint density at radius 1 is 1.53 bits per heavy atom. The van der Waals surface area contributed by atoms with E-state index in [-0.39, 0.29) is 5.91 Å². The predicted molar refractivity (Wildman–Crippen MR) is 65.4 cm³/mol. The standard InChI is InChI=1S/C13H20N2O2/c16-13(15-9-11-6-8-17-10-11)5-4-12-3-1-2-7-14-12/h6,8,10,12,14H,1-5,7,9H2,(H,15,16). The lowest BCUT2D eigenvalue weighted by molar-refractivity contribution is -0.121. The SMILES string of the molecule is O=C(CCC1CCCCN1)NCc1ccoc1. The highest BCUT2D eigenvalue weighted by molar-refractivity contribution is 5.75. The first-order chi connectivity index (χ1) is 8.34. The quantitative estimate of drug-likeness (QED) is 0.820. The molecule has 94 valence electrons. The normalized spacial score (nSPS) is 20.1. The van der Waals surface area contributed by atoms with E-state index in [4.69, 9.17) is 4.42 Å². The summed E-state index contributed by atoms with van der Waals surface area (Å²) in [4.78, 5) is 11.6. The summed E-state index contributed by atoms with van der Waals surface area (Å²) in [7, 11) is 0. The Morgan fingerprint density at radius 3 is 3.18 bits per heavy atom. The van der Waals surface area contributed by atoms with Crippen molar-refractivity contribution in [2.45, 2.75) is 44.7 Å². The van der Waals surface area contributed by atoms with E-state index < -0.39 is 0 Å². The molecule has 4 nitrogen and oxygen atoms in total. The number of hydrogen-bond acceptors (Lipinski definition) is 3. The van der Waals surface area contributed by atoms with Crippen LogP contribution in [-0.2, 0) is 11.3 Å². The number of nitrogens with one attached hydrogen (secondary N) is 2. The van der Waals surface area contributed by atoms with Crippen LogP contribution in [0.2, 0.25) is 0 Å². The van der Waals surface area contributed by atoms with Crippen molar-refractivity contribution in [1.29, 1.82) is 0 Å². The maximum absolute atomic E-state index is 11.6. The van der Waals surface area contributed by atoms with Crippen molar-refractivity contribution in [3.8, 4) is 0 Å². The second-order valence-electron chi connectivity index (χ2n) is 4.59. The molecule has 1 fully saturated rings. The van der Waals surface area contributed by atoms with Crippen LogP contribution >= 0.6 is 0 Å². The first-order valence-electron chi connectivity index (χ1n) is 6.36. The Bertz CT molecular complexity index is 329. The predicted octanol–water partition coefficient (Wildman–Crippen LogP) is 1.82. The molecule has 1 aromatic heterocycles. The number of rotatable bonds is 5. The second-order valence-corrected chi connectivity index (χ2v) is 4.59. The van der Waals surface area contributed by atoms with Crippen molar-refractivity contribution in [3.63, 3.8) is 0 Å². The minimum Gasteiger partial charge on any atom is -0.472 e. The van der Waals surface area contributed by atoms with Crippen LogP contribution in [0, 0.1) is 0 Å². The van der Waals surface area contributed by atoms with Gasteiger partial charge in [-0.05, 0) is 31.9 Å². The fraction of sp³-hybridized carbons (Fsp3) is 0.615. The zero-order chi connectivity index (χ0) is 11.9. The Kier molecular flexibility index (Phi) is 4.62. The summed E-state index contributed by atoms with van der Waals surface area (Å²) in [5.41, 5.74) is 1.01. The van der Waals surface area contributed by atoms with E-state index in [1.54, 1.807) is 12.5 Å². The lowest BCUT2D eigenvalue weighted by Gasteiger charge is -2.22. The fourth-order valence-electron chi connectivity index (χ4n) is 2.16. The number of piperidine rings is 1. The summed E-state index contributed by atoms with van der Waals surface area (Å²) >= 11 is 0. The van der Waals surface area contributed by atoms with Crippen LogP contribution in [0.1, 0.15) is 37.7 Å². The number of carbonyl (C=O) groups excluding carboxylic acids is 1. The van der Waals surface area contributed by atoms with Crippen molar-refractivity contribution in [2.24, 2.45) is 0 Å². The summed E-state index contributed by atoms with van der Waals surface area (Å²) in [6.07, 6.45) is 8.58. The third-order valence-electron chi connectivity index (χ3n) is 3.20. The topological polar surface area (TPSA) is 54.3 Å². The fourth-order valence-corrected chi connectivity index (χ4v) is 2.16. The van der Waals surface area contributed by atoms with Crippen LogP contribution in [0.3, 0.4) is 0 Å². The van der Waals surface area contributed by atoms with Gasteiger partial charge in [0.25, 0.3) is 0 Å². The van der Waals surface area contributed by atoms with Gasteiger partial charge in [-0.25, -0.2) is 0 Å². The molecule has 1 aromatic rings. The van der Waals surface area contributed by atoms with Crippen LogP contribution in [0.4, 0.5) is 0 Å². The van der Waals surface area contributed by atoms with Crippen LogP contribution in [-0.4, -0.2) is 18.5 Å². The van der Waals surface area contributed by atoms with E-state index in [1.165, 1.54) is 19.3 Å². The molecule has 0 bridgehead atoms. The molecule has 2 rings (SSSR count). The van der Waals surface area contributed by atoms with Crippen molar-refractivity contribution in [1.82, 2.24) is 10.6 Å². The minimum atomic E-state index is 0.124. The van der Waals surface area contributed by atoms with Crippen LogP contribution in [0.15, 0.2) is 23.0 Å². The molecule has 4 heteroatoms. The van der Waals surface area contributed by atoms with Gasteiger partial charge in [-0.3, -0.25) is 4.79 Å². The zero-order valence-electron chi connectivity index (χ0n) is 10.1. The minimum absolute atomic E-state index is 0.124. The number of hydrogen-bond donors (Lipinski definition) is 2. The van der Waals surface area contributed by atoms with Crippen molar-refractivity contribution < 1.29 is 9.21 Å². The Balaban J connectivity index is 1.60. The Hall–Kier alpha value is -1.29. The molecule has 1 atom stereocenters. The van der Waals surface area contributed by atoms with Gasteiger partial charge in [0.2, 0.25) is 5.91 Å². The molecule has 1 aliphatic rings. The summed E-state index contributed by atoms with van der Waals surface area (Å²) in [6, 6.07) is 2.40. The third kappa shape index (κ3) is 4.23. The zero-order valence-corrected chi connectivity index (χ0v) is 10.1. The van der Waals surface area contributed by atoms with Crippen molar-refractivity contribution in [3.05, 3.63) is 24.2 Å². The van der Waals surface area contributed by atoms with Gasteiger partial charge in [0.15, 0.2) is 0 Å². The molecule has 1 saturated heterocycles. The van der Waals surface area contributed by atoms with Crippen LogP contribution < -0.4 is 10.6 Å². The van der Waals surface area contributed by atoms with Gasteiger partial charge in [-0.2, -0.15) is 0 Å². The largest absolute Gasteiger partial charge is 0.472 e. The maximum atomic E-state index is 11.6. The first-order valence-corrected chi connectivity index (χ1v) is 6.36. The molecule has 2 N–H and O–H groups in total. The van der Waals surface area contributed by atoms with Crippen LogP contribution in [0.5, 0.6) is 0 Å². The van der Waals surface area contributed by atoms with Crippen molar-refractivity contribution in [2.75, 3.05) is 6.54 Å². The molecule has 0 spiro atoms. The van der Waals surface area contributed by atoms with E-state index in [1.807, 2.05) is 6.07 Å². The molecule has 1 aliphatic heterocycles. The number of amides is 1. The van der Waals surface area contributed by atoms with Gasteiger partial charge >= 0.3 is 0 Å². The highest BCUT2D eigenvalue weighted by Crippen LogP contribution is 2.11. The maximum Gasteiger partial charge on any atom is 0.220 e. The molecular weight excluding hydrogens is 216 g/mol. The summed E-state index contributed by atoms with van der Waals surface area (Å²) in [5, 5.41) is 6.35. The molecule has 0 saturated carbocycles. The van der Waals surface area contributed by atoms with Gasteiger partial charge in [0.05, 0.1) is 12.5 Å². The number of carbonyl (C=O) groups is 1. The monoisotopic (exact) mass is 236 g/mol. The van der Waals surface area contributed by atoms with Gasteiger partial charge in [-0.15, -0.1) is 0 Å². The van der Waals surface area contributed by atoms with E-state index in [2.05, 4.69) is 10.6 Å². The molecule has 17 heavy (non-hydrogen) atoms. The highest BCUT2D eigenvalue weighted by Gasteiger charge is 2.13. The Morgan fingerprint density at radius 2 is 2.47 bits per heavy atom. The molecular formula is C13H20N2O2. The molecule has 0 aliphatic carbocycles.